The zero-order valence-corrected chi connectivity index (χ0v) is 9.29. The highest BCUT2D eigenvalue weighted by Gasteiger charge is 2.35. The molecule has 0 saturated carbocycles. The molecule has 0 N–H and O–H groups in total. The highest BCUT2D eigenvalue weighted by Crippen LogP contribution is 2.29. The summed E-state index contributed by atoms with van der Waals surface area (Å²) in [6, 6.07) is 6.84. The highest BCUT2D eigenvalue weighted by atomic mass is 19.4. The molecule has 0 aliphatic carbocycles. The largest absolute Gasteiger partial charge is 0.451 e. The Labute approximate surface area is 100 Å². The molecule has 18 heavy (non-hydrogen) atoms. The first-order valence-corrected chi connectivity index (χ1v) is 5.06. The highest BCUT2D eigenvalue weighted by molar-refractivity contribution is 5.60. The molecule has 2 rings (SSSR count). The molecule has 0 unspecified atom stereocenters. The third-order valence-electron chi connectivity index (χ3n) is 2.26. The van der Waals surface area contributed by atoms with E-state index in [1.54, 1.807) is 0 Å². The van der Waals surface area contributed by atoms with Gasteiger partial charge in [0.05, 0.1) is 5.69 Å². The van der Waals surface area contributed by atoms with Crippen molar-refractivity contribution in [3.05, 3.63) is 47.7 Å². The Morgan fingerprint density at radius 2 is 1.72 bits per heavy atom. The third-order valence-corrected chi connectivity index (χ3v) is 2.26. The van der Waals surface area contributed by atoms with Crippen LogP contribution in [-0.4, -0.2) is 9.97 Å². The van der Waals surface area contributed by atoms with Crippen LogP contribution in [0.1, 0.15) is 11.5 Å². The van der Waals surface area contributed by atoms with E-state index in [-0.39, 0.29) is 17.0 Å². The fourth-order valence-corrected chi connectivity index (χ4v) is 1.50. The maximum Gasteiger partial charge on any atom is 0.451 e. The molecule has 1 aromatic heterocycles. The molecule has 0 aliphatic rings. The van der Waals surface area contributed by atoms with E-state index in [9.17, 15) is 17.6 Å². The van der Waals surface area contributed by atoms with Crippen molar-refractivity contribution in [2.24, 2.45) is 0 Å². The molecule has 0 aliphatic heterocycles. The molecule has 0 bridgehead atoms. The van der Waals surface area contributed by atoms with Gasteiger partial charge < -0.3 is 0 Å². The number of hydrogen-bond donors (Lipinski definition) is 0. The van der Waals surface area contributed by atoms with E-state index < -0.39 is 17.8 Å². The van der Waals surface area contributed by atoms with Crippen LogP contribution in [-0.2, 0) is 6.18 Å². The van der Waals surface area contributed by atoms with E-state index in [1.807, 2.05) is 0 Å². The lowest BCUT2D eigenvalue weighted by molar-refractivity contribution is -0.145. The van der Waals surface area contributed by atoms with Crippen LogP contribution in [0, 0.1) is 12.7 Å². The summed E-state index contributed by atoms with van der Waals surface area (Å²) in [5.74, 6) is -1.88. The Balaban J connectivity index is 2.60. The van der Waals surface area contributed by atoms with E-state index in [2.05, 4.69) is 9.97 Å². The van der Waals surface area contributed by atoms with Gasteiger partial charge in [-0.15, -0.1) is 0 Å². The van der Waals surface area contributed by atoms with Crippen molar-refractivity contribution in [2.75, 3.05) is 0 Å². The Kier molecular flexibility index (Phi) is 3.02. The first-order valence-electron chi connectivity index (χ1n) is 5.06. The molecule has 2 aromatic rings. The van der Waals surface area contributed by atoms with Crippen molar-refractivity contribution < 1.29 is 17.6 Å². The first kappa shape index (κ1) is 12.5. The van der Waals surface area contributed by atoms with Gasteiger partial charge in [-0.3, -0.25) is 0 Å². The van der Waals surface area contributed by atoms with E-state index in [0.717, 1.165) is 0 Å². The third kappa shape index (κ3) is 2.47. The van der Waals surface area contributed by atoms with Gasteiger partial charge in [0.1, 0.15) is 5.82 Å². The average Bonchev–Trinajstić information content (AvgIpc) is 2.27. The predicted molar refractivity (Wildman–Crippen MR) is 57.2 cm³/mol. The smallest absolute Gasteiger partial charge is 0.230 e. The zero-order valence-electron chi connectivity index (χ0n) is 9.29. The van der Waals surface area contributed by atoms with Crippen LogP contribution in [0.2, 0.25) is 0 Å². The number of alkyl halides is 3. The van der Waals surface area contributed by atoms with Crippen LogP contribution in [0.25, 0.3) is 11.3 Å². The van der Waals surface area contributed by atoms with E-state index in [0.29, 0.717) is 0 Å². The first-order chi connectivity index (χ1) is 8.38. The van der Waals surface area contributed by atoms with Gasteiger partial charge in [-0.25, -0.2) is 14.4 Å². The summed E-state index contributed by atoms with van der Waals surface area (Å²) in [7, 11) is 0. The number of aryl methyl sites for hydroxylation is 1. The van der Waals surface area contributed by atoms with Crippen molar-refractivity contribution >= 4 is 0 Å². The Morgan fingerprint density at radius 3 is 2.33 bits per heavy atom. The van der Waals surface area contributed by atoms with Crippen LogP contribution >= 0.6 is 0 Å². The fourth-order valence-electron chi connectivity index (χ4n) is 1.50. The zero-order chi connectivity index (χ0) is 13.3. The number of hydrogen-bond acceptors (Lipinski definition) is 2. The molecule has 1 heterocycles. The van der Waals surface area contributed by atoms with Crippen molar-refractivity contribution in [3.8, 4) is 11.3 Å². The molecule has 2 nitrogen and oxygen atoms in total. The van der Waals surface area contributed by atoms with Gasteiger partial charge in [0.2, 0.25) is 5.82 Å². The number of nitrogens with zero attached hydrogens (tertiary/aromatic N) is 2. The molecule has 0 spiro atoms. The van der Waals surface area contributed by atoms with Crippen LogP contribution in [0.3, 0.4) is 0 Å². The second-order valence-electron chi connectivity index (χ2n) is 3.70. The Hall–Kier alpha value is -1.98. The van der Waals surface area contributed by atoms with Gasteiger partial charge in [0, 0.05) is 11.3 Å². The van der Waals surface area contributed by atoms with Crippen molar-refractivity contribution in [3.63, 3.8) is 0 Å². The normalized spacial score (nSPS) is 11.6. The lowest BCUT2D eigenvalue weighted by Gasteiger charge is -2.09. The van der Waals surface area contributed by atoms with Crippen molar-refractivity contribution in [1.29, 1.82) is 0 Å². The minimum absolute atomic E-state index is 0.0218. The molecule has 94 valence electrons. The Morgan fingerprint density at radius 1 is 1.06 bits per heavy atom. The molecule has 0 saturated heterocycles. The summed E-state index contributed by atoms with van der Waals surface area (Å²) in [5.41, 5.74) is 0.0806. The number of benzene rings is 1. The summed E-state index contributed by atoms with van der Waals surface area (Å²) in [5, 5.41) is 0. The van der Waals surface area contributed by atoms with E-state index >= 15 is 0 Å². The molecule has 0 amide bonds. The minimum atomic E-state index is -4.65. The molecule has 0 atom stereocenters. The quantitative estimate of drug-likeness (QED) is 0.728. The van der Waals surface area contributed by atoms with Gasteiger partial charge >= 0.3 is 6.18 Å². The molecule has 6 heteroatoms. The SMILES string of the molecule is Cc1cc(-c2ccccc2F)nc(C(F)(F)F)n1. The van der Waals surface area contributed by atoms with Crippen LogP contribution in [0.5, 0.6) is 0 Å². The second kappa shape index (κ2) is 4.36. The van der Waals surface area contributed by atoms with E-state index in [1.165, 1.54) is 37.3 Å². The lowest BCUT2D eigenvalue weighted by Crippen LogP contribution is -2.12. The van der Waals surface area contributed by atoms with Gasteiger partial charge in [0.15, 0.2) is 0 Å². The van der Waals surface area contributed by atoms with Crippen molar-refractivity contribution in [2.45, 2.75) is 13.1 Å². The van der Waals surface area contributed by atoms with Crippen LogP contribution in [0.4, 0.5) is 17.6 Å². The molecule has 0 fully saturated rings. The minimum Gasteiger partial charge on any atom is -0.230 e. The molecular weight excluding hydrogens is 248 g/mol. The molecule has 1 aromatic carbocycles. The number of halogens is 4. The monoisotopic (exact) mass is 256 g/mol. The van der Waals surface area contributed by atoms with Crippen LogP contribution < -0.4 is 0 Å². The second-order valence-corrected chi connectivity index (χ2v) is 3.70. The fraction of sp³-hybridized carbons (Fsp3) is 0.167. The Bertz CT molecular complexity index is 579. The number of rotatable bonds is 1. The summed E-state index contributed by atoms with van der Waals surface area (Å²) in [6.45, 7) is 1.40. The van der Waals surface area contributed by atoms with Gasteiger partial charge in [-0.1, -0.05) is 12.1 Å². The van der Waals surface area contributed by atoms with Gasteiger partial charge in [-0.05, 0) is 25.1 Å². The van der Waals surface area contributed by atoms with Crippen molar-refractivity contribution in [1.82, 2.24) is 9.97 Å². The summed E-state index contributed by atoms with van der Waals surface area (Å²) in [6.07, 6.45) is -4.65. The molecular formula is C12H8F4N2. The summed E-state index contributed by atoms with van der Waals surface area (Å²) < 4.78 is 51.1. The van der Waals surface area contributed by atoms with Gasteiger partial charge in [0.25, 0.3) is 0 Å². The lowest BCUT2D eigenvalue weighted by atomic mass is 10.1. The van der Waals surface area contributed by atoms with Crippen LogP contribution in [0.15, 0.2) is 30.3 Å². The maximum absolute atomic E-state index is 13.5. The summed E-state index contributed by atoms with van der Waals surface area (Å²) >= 11 is 0. The number of aromatic nitrogens is 2. The molecule has 0 radical (unpaired) electrons. The topological polar surface area (TPSA) is 25.8 Å². The average molecular weight is 256 g/mol. The maximum atomic E-state index is 13.5. The summed E-state index contributed by atoms with van der Waals surface area (Å²) in [4.78, 5) is 6.66. The standard InChI is InChI=1S/C12H8F4N2/c1-7-6-10(8-4-2-3-5-9(8)13)18-11(17-7)12(14,15)16/h2-6H,1H3. The van der Waals surface area contributed by atoms with E-state index in [4.69, 9.17) is 0 Å². The van der Waals surface area contributed by atoms with Gasteiger partial charge in [-0.2, -0.15) is 13.2 Å². The predicted octanol–water partition coefficient (Wildman–Crippen LogP) is 3.61.